The molecule has 0 unspecified atom stereocenters. The van der Waals surface area contributed by atoms with Crippen LogP contribution in [-0.2, 0) is 6.54 Å². The predicted molar refractivity (Wildman–Crippen MR) is 103 cm³/mol. The average molecular weight is 425 g/mol. The number of nitrogens with two attached hydrogens (primary N) is 1. The van der Waals surface area contributed by atoms with Crippen molar-refractivity contribution in [2.24, 2.45) is 10.7 Å². The molecule has 0 aliphatic carbocycles. The van der Waals surface area contributed by atoms with Gasteiger partial charge in [-0.15, -0.1) is 24.0 Å². The maximum atomic E-state index is 5.93. The second kappa shape index (κ2) is 8.61. The normalized spacial score (nSPS) is 13.7. The highest BCUT2D eigenvalue weighted by molar-refractivity contribution is 14.0. The molecule has 0 saturated carbocycles. The van der Waals surface area contributed by atoms with Gasteiger partial charge in [0.05, 0.1) is 19.8 Å². The van der Waals surface area contributed by atoms with Crippen molar-refractivity contribution in [2.45, 2.75) is 13.0 Å². The summed E-state index contributed by atoms with van der Waals surface area (Å²) in [5, 5.41) is 3.07. The van der Waals surface area contributed by atoms with Gasteiger partial charge < -0.3 is 20.5 Å². The van der Waals surface area contributed by atoms with Crippen LogP contribution in [0.25, 0.3) is 0 Å². The number of rotatable bonds is 3. The monoisotopic (exact) mass is 425 g/mol. The SMILES string of the molecule is I.NC(=NCc1ccccc1)Nc1ccc2c(c1)OCCCO2. The van der Waals surface area contributed by atoms with Crippen molar-refractivity contribution in [1.29, 1.82) is 0 Å². The summed E-state index contributed by atoms with van der Waals surface area (Å²) < 4.78 is 11.3. The Morgan fingerprint density at radius 3 is 2.57 bits per heavy atom. The van der Waals surface area contributed by atoms with Gasteiger partial charge in [-0.2, -0.15) is 0 Å². The topological polar surface area (TPSA) is 68.9 Å². The number of anilines is 1. The third kappa shape index (κ3) is 5.02. The van der Waals surface area contributed by atoms with Crippen LogP contribution in [0.3, 0.4) is 0 Å². The van der Waals surface area contributed by atoms with Crippen LogP contribution in [0, 0.1) is 0 Å². The third-order valence-corrected chi connectivity index (χ3v) is 3.29. The Hall–Kier alpha value is -1.96. The average Bonchev–Trinajstić information content (AvgIpc) is 2.79. The fraction of sp³-hybridized carbons (Fsp3) is 0.235. The molecular weight excluding hydrogens is 405 g/mol. The van der Waals surface area contributed by atoms with Gasteiger partial charge >= 0.3 is 0 Å². The molecule has 0 amide bonds. The molecule has 5 nitrogen and oxygen atoms in total. The number of aliphatic imine (C=N–C) groups is 1. The molecule has 0 saturated heterocycles. The van der Waals surface area contributed by atoms with Crippen LogP contribution >= 0.6 is 24.0 Å². The lowest BCUT2D eigenvalue weighted by molar-refractivity contribution is 0.297. The van der Waals surface area contributed by atoms with Gasteiger partial charge in [0.15, 0.2) is 17.5 Å². The smallest absolute Gasteiger partial charge is 0.193 e. The molecule has 0 fully saturated rings. The Bertz CT molecular complexity index is 662. The fourth-order valence-corrected chi connectivity index (χ4v) is 2.19. The number of hydrogen-bond acceptors (Lipinski definition) is 3. The van der Waals surface area contributed by atoms with Gasteiger partial charge in [-0.3, -0.25) is 0 Å². The Labute approximate surface area is 152 Å². The summed E-state index contributed by atoms with van der Waals surface area (Å²) in [7, 11) is 0. The molecule has 23 heavy (non-hydrogen) atoms. The van der Waals surface area contributed by atoms with Gasteiger partial charge in [-0.25, -0.2) is 4.99 Å². The van der Waals surface area contributed by atoms with E-state index in [9.17, 15) is 0 Å². The highest BCUT2D eigenvalue weighted by Crippen LogP contribution is 2.32. The quantitative estimate of drug-likeness (QED) is 0.450. The second-order valence-corrected chi connectivity index (χ2v) is 5.02. The minimum absolute atomic E-state index is 0. The molecule has 0 spiro atoms. The molecule has 0 aromatic heterocycles. The number of ether oxygens (including phenoxy) is 2. The molecule has 1 aliphatic heterocycles. The maximum Gasteiger partial charge on any atom is 0.193 e. The fourth-order valence-electron chi connectivity index (χ4n) is 2.19. The van der Waals surface area contributed by atoms with E-state index in [1.54, 1.807) is 0 Å². The molecule has 3 N–H and O–H groups in total. The van der Waals surface area contributed by atoms with Crippen LogP contribution < -0.4 is 20.5 Å². The van der Waals surface area contributed by atoms with Crippen LogP contribution in [0.5, 0.6) is 11.5 Å². The first-order valence-corrected chi connectivity index (χ1v) is 7.32. The molecule has 2 aromatic rings. The molecule has 1 aliphatic rings. The zero-order chi connectivity index (χ0) is 15.2. The van der Waals surface area contributed by atoms with E-state index in [2.05, 4.69) is 10.3 Å². The first-order chi connectivity index (χ1) is 10.8. The summed E-state index contributed by atoms with van der Waals surface area (Å²) in [5.74, 6) is 1.87. The molecule has 6 heteroatoms. The largest absolute Gasteiger partial charge is 0.490 e. The lowest BCUT2D eigenvalue weighted by Gasteiger charge is -2.10. The minimum atomic E-state index is 0. The zero-order valence-corrected chi connectivity index (χ0v) is 15.0. The van der Waals surface area contributed by atoms with Crippen molar-refractivity contribution in [3.63, 3.8) is 0 Å². The van der Waals surface area contributed by atoms with E-state index in [1.165, 1.54) is 0 Å². The number of halogens is 1. The highest BCUT2D eigenvalue weighted by Gasteiger charge is 2.10. The summed E-state index contributed by atoms with van der Waals surface area (Å²) in [5.41, 5.74) is 7.88. The standard InChI is InChI=1S/C17H19N3O2.HI/c18-17(19-12-13-5-2-1-3-6-13)20-14-7-8-15-16(11-14)22-10-4-9-21-15;/h1-3,5-8,11H,4,9-10,12H2,(H3,18,19,20);1H. The van der Waals surface area contributed by atoms with E-state index in [4.69, 9.17) is 15.2 Å². The van der Waals surface area contributed by atoms with Crippen molar-refractivity contribution in [3.05, 3.63) is 54.1 Å². The molecule has 2 aromatic carbocycles. The Morgan fingerprint density at radius 2 is 1.78 bits per heavy atom. The molecule has 0 atom stereocenters. The van der Waals surface area contributed by atoms with Gasteiger partial charge in [-0.1, -0.05) is 30.3 Å². The first-order valence-electron chi connectivity index (χ1n) is 7.32. The van der Waals surface area contributed by atoms with Crippen LogP contribution in [0.15, 0.2) is 53.5 Å². The van der Waals surface area contributed by atoms with E-state index in [1.807, 2.05) is 48.5 Å². The predicted octanol–water partition coefficient (Wildman–Crippen LogP) is 3.39. The van der Waals surface area contributed by atoms with Crippen molar-refractivity contribution in [1.82, 2.24) is 0 Å². The summed E-state index contributed by atoms with van der Waals surface area (Å²) in [4.78, 5) is 4.33. The van der Waals surface area contributed by atoms with Gasteiger partial charge in [0.25, 0.3) is 0 Å². The molecule has 1 heterocycles. The van der Waals surface area contributed by atoms with E-state index < -0.39 is 0 Å². The number of hydrogen-bond donors (Lipinski definition) is 2. The summed E-state index contributed by atoms with van der Waals surface area (Å²) in [6.45, 7) is 1.89. The summed E-state index contributed by atoms with van der Waals surface area (Å²) in [6.07, 6.45) is 0.887. The number of fused-ring (bicyclic) bond motifs is 1. The van der Waals surface area contributed by atoms with Crippen molar-refractivity contribution < 1.29 is 9.47 Å². The van der Waals surface area contributed by atoms with Crippen LogP contribution in [0.4, 0.5) is 5.69 Å². The van der Waals surface area contributed by atoms with Crippen LogP contribution in [0.1, 0.15) is 12.0 Å². The third-order valence-electron chi connectivity index (χ3n) is 3.29. The van der Waals surface area contributed by atoms with Crippen molar-refractivity contribution in [3.8, 4) is 11.5 Å². The summed E-state index contributed by atoms with van der Waals surface area (Å²) >= 11 is 0. The Kier molecular flexibility index (Phi) is 6.52. The number of guanidine groups is 1. The molecular formula is C17H20IN3O2. The maximum absolute atomic E-state index is 5.93. The Balaban J connectivity index is 0.00000192. The molecule has 0 radical (unpaired) electrons. The Morgan fingerprint density at radius 1 is 1.04 bits per heavy atom. The van der Waals surface area contributed by atoms with E-state index >= 15 is 0 Å². The summed E-state index contributed by atoms with van der Waals surface area (Å²) in [6, 6.07) is 15.6. The van der Waals surface area contributed by atoms with Gasteiger partial charge in [0.2, 0.25) is 0 Å². The van der Waals surface area contributed by atoms with Crippen molar-refractivity contribution >= 4 is 35.6 Å². The van der Waals surface area contributed by atoms with Gasteiger partial charge in [0, 0.05) is 18.2 Å². The van der Waals surface area contributed by atoms with E-state index in [0.29, 0.717) is 25.7 Å². The van der Waals surface area contributed by atoms with Gasteiger partial charge in [0.1, 0.15) is 0 Å². The number of nitrogens with zero attached hydrogens (tertiary/aromatic N) is 1. The lowest BCUT2D eigenvalue weighted by atomic mass is 10.2. The van der Waals surface area contributed by atoms with Crippen LogP contribution in [-0.4, -0.2) is 19.2 Å². The van der Waals surface area contributed by atoms with Crippen LogP contribution in [0.2, 0.25) is 0 Å². The molecule has 3 rings (SSSR count). The van der Waals surface area contributed by atoms with E-state index in [-0.39, 0.29) is 24.0 Å². The number of benzene rings is 2. The lowest BCUT2D eigenvalue weighted by Crippen LogP contribution is -2.22. The van der Waals surface area contributed by atoms with Gasteiger partial charge in [-0.05, 0) is 17.7 Å². The highest BCUT2D eigenvalue weighted by atomic mass is 127. The first kappa shape index (κ1) is 17.4. The molecule has 122 valence electrons. The molecule has 0 bridgehead atoms. The minimum Gasteiger partial charge on any atom is -0.490 e. The zero-order valence-electron chi connectivity index (χ0n) is 12.7. The van der Waals surface area contributed by atoms with Crippen molar-refractivity contribution in [2.75, 3.05) is 18.5 Å². The number of nitrogens with one attached hydrogen (secondary N) is 1. The second-order valence-electron chi connectivity index (χ2n) is 5.02. The van der Waals surface area contributed by atoms with E-state index in [0.717, 1.165) is 29.2 Å².